The summed E-state index contributed by atoms with van der Waals surface area (Å²) in [5, 5.41) is 14.6. The lowest BCUT2D eigenvalue weighted by atomic mass is 10.2. The van der Waals surface area contributed by atoms with E-state index in [1.54, 1.807) is 0 Å². The van der Waals surface area contributed by atoms with Gasteiger partial charge in [0, 0.05) is 32.7 Å². The van der Waals surface area contributed by atoms with Crippen LogP contribution in [-0.4, -0.2) is 69.9 Å². The van der Waals surface area contributed by atoms with Gasteiger partial charge in [-0.15, -0.1) is 0 Å². The van der Waals surface area contributed by atoms with Gasteiger partial charge in [-0.05, 0) is 6.42 Å². The van der Waals surface area contributed by atoms with E-state index in [1.807, 2.05) is 0 Å². The lowest BCUT2D eigenvalue weighted by Crippen LogP contribution is -2.48. The maximum atomic E-state index is 11.8. The molecule has 0 aliphatic carbocycles. The van der Waals surface area contributed by atoms with Crippen LogP contribution in [0.3, 0.4) is 0 Å². The molecule has 0 radical (unpaired) electrons. The molecule has 1 amide bonds. The van der Waals surface area contributed by atoms with Crippen LogP contribution in [0.25, 0.3) is 0 Å². The van der Waals surface area contributed by atoms with Crippen molar-refractivity contribution >= 4 is 15.7 Å². The SMILES string of the molecule is COCC(CCO)NC(=O)CC1CS(=O)(=O)CCN1. The van der Waals surface area contributed by atoms with Crippen LogP contribution in [0.15, 0.2) is 0 Å². The average molecular weight is 294 g/mol. The van der Waals surface area contributed by atoms with Gasteiger partial charge in [0.1, 0.15) is 0 Å². The second-order valence-corrected chi connectivity index (χ2v) is 6.93. The standard InChI is InChI=1S/C11H22N2O5S/c1-18-7-9(2-4-14)13-11(15)6-10-8-19(16,17)5-3-12-10/h9-10,12,14H,2-8H2,1H3,(H,13,15). The largest absolute Gasteiger partial charge is 0.396 e. The molecule has 0 spiro atoms. The van der Waals surface area contributed by atoms with Gasteiger partial charge in [-0.1, -0.05) is 0 Å². The fourth-order valence-electron chi connectivity index (χ4n) is 2.06. The van der Waals surface area contributed by atoms with Crippen LogP contribution in [0.4, 0.5) is 0 Å². The molecule has 0 saturated carbocycles. The number of hydrogen-bond acceptors (Lipinski definition) is 6. The summed E-state index contributed by atoms with van der Waals surface area (Å²) >= 11 is 0. The topological polar surface area (TPSA) is 105 Å². The number of carbonyl (C=O) groups excluding carboxylic acids is 1. The minimum absolute atomic E-state index is 0.00460. The van der Waals surface area contributed by atoms with E-state index in [0.29, 0.717) is 19.6 Å². The normalized spacial score (nSPS) is 23.8. The first-order valence-corrected chi connectivity index (χ1v) is 8.12. The predicted molar refractivity (Wildman–Crippen MR) is 70.6 cm³/mol. The summed E-state index contributed by atoms with van der Waals surface area (Å²) in [6.07, 6.45) is 0.529. The molecule has 0 aromatic carbocycles. The van der Waals surface area contributed by atoms with Crippen LogP contribution in [0.5, 0.6) is 0 Å². The molecule has 1 aliphatic rings. The Morgan fingerprint density at radius 1 is 1.58 bits per heavy atom. The Labute approximate surface area is 113 Å². The second-order valence-electron chi connectivity index (χ2n) is 4.70. The summed E-state index contributed by atoms with van der Waals surface area (Å²) < 4.78 is 27.8. The number of hydrogen-bond donors (Lipinski definition) is 3. The van der Waals surface area contributed by atoms with Crippen molar-refractivity contribution in [1.82, 2.24) is 10.6 Å². The number of ether oxygens (including phenoxy) is 1. The Morgan fingerprint density at radius 3 is 2.89 bits per heavy atom. The molecule has 8 heteroatoms. The van der Waals surface area contributed by atoms with E-state index >= 15 is 0 Å². The maximum Gasteiger partial charge on any atom is 0.221 e. The van der Waals surface area contributed by atoms with Gasteiger partial charge < -0.3 is 20.5 Å². The van der Waals surface area contributed by atoms with Crippen LogP contribution in [-0.2, 0) is 19.4 Å². The molecule has 0 bridgehead atoms. The molecule has 2 atom stereocenters. The Balaban J connectivity index is 2.41. The fourth-order valence-corrected chi connectivity index (χ4v) is 3.51. The maximum absolute atomic E-state index is 11.8. The molecule has 1 heterocycles. The third-order valence-corrected chi connectivity index (χ3v) is 4.68. The molecule has 0 aromatic rings. The highest BCUT2D eigenvalue weighted by atomic mass is 32.2. The summed E-state index contributed by atoms with van der Waals surface area (Å²) in [7, 11) is -1.51. The first-order chi connectivity index (χ1) is 8.96. The smallest absolute Gasteiger partial charge is 0.221 e. The number of sulfone groups is 1. The van der Waals surface area contributed by atoms with E-state index in [2.05, 4.69) is 10.6 Å². The molecular weight excluding hydrogens is 272 g/mol. The lowest BCUT2D eigenvalue weighted by molar-refractivity contribution is -0.122. The Bertz CT molecular complexity index is 379. The number of aliphatic hydroxyl groups excluding tert-OH is 1. The first kappa shape index (κ1) is 16.4. The van der Waals surface area contributed by atoms with Gasteiger partial charge in [-0.3, -0.25) is 4.79 Å². The van der Waals surface area contributed by atoms with Gasteiger partial charge in [0.25, 0.3) is 0 Å². The van der Waals surface area contributed by atoms with Gasteiger partial charge >= 0.3 is 0 Å². The molecule has 7 nitrogen and oxygen atoms in total. The van der Waals surface area contributed by atoms with Crippen LogP contribution < -0.4 is 10.6 Å². The van der Waals surface area contributed by atoms with Crippen molar-refractivity contribution in [2.75, 3.05) is 38.4 Å². The minimum Gasteiger partial charge on any atom is -0.396 e. The van der Waals surface area contributed by atoms with Crippen molar-refractivity contribution < 1.29 is 23.1 Å². The number of carbonyl (C=O) groups is 1. The number of rotatable bonds is 7. The summed E-state index contributed by atoms with van der Waals surface area (Å²) in [6, 6.07) is -0.584. The molecule has 112 valence electrons. The third kappa shape index (κ3) is 6.33. The Hall–Kier alpha value is -0.700. The molecular formula is C11H22N2O5S. The fraction of sp³-hybridized carbons (Fsp3) is 0.909. The minimum atomic E-state index is -3.03. The molecule has 1 aliphatic heterocycles. The molecule has 19 heavy (non-hydrogen) atoms. The van der Waals surface area contributed by atoms with Crippen LogP contribution >= 0.6 is 0 Å². The zero-order valence-electron chi connectivity index (χ0n) is 11.1. The van der Waals surface area contributed by atoms with Gasteiger partial charge in [0.2, 0.25) is 5.91 Å². The molecule has 2 unspecified atom stereocenters. The van der Waals surface area contributed by atoms with Crippen molar-refractivity contribution in [2.24, 2.45) is 0 Å². The second kappa shape index (κ2) is 7.78. The van der Waals surface area contributed by atoms with Crippen molar-refractivity contribution in [2.45, 2.75) is 24.9 Å². The van der Waals surface area contributed by atoms with E-state index in [0.717, 1.165) is 0 Å². The first-order valence-electron chi connectivity index (χ1n) is 6.30. The highest BCUT2D eigenvalue weighted by Crippen LogP contribution is 2.05. The zero-order chi connectivity index (χ0) is 14.3. The molecule has 1 fully saturated rings. The summed E-state index contributed by atoms with van der Waals surface area (Å²) in [5.41, 5.74) is 0. The summed E-state index contributed by atoms with van der Waals surface area (Å²) in [5.74, 6) is -0.109. The summed E-state index contributed by atoms with van der Waals surface area (Å²) in [4.78, 5) is 11.8. The number of aliphatic hydroxyl groups is 1. The van der Waals surface area contributed by atoms with Crippen LogP contribution in [0.2, 0.25) is 0 Å². The van der Waals surface area contributed by atoms with Gasteiger partial charge in [0.05, 0.1) is 24.2 Å². The average Bonchev–Trinajstić information content (AvgIpc) is 2.27. The third-order valence-electron chi connectivity index (χ3n) is 2.94. The summed E-state index contributed by atoms with van der Waals surface area (Å²) in [6.45, 7) is 0.672. The van der Waals surface area contributed by atoms with E-state index in [9.17, 15) is 13.2 Å². The van der Waals surface area contributed by atoms with E-state index in [4.69, 9.17) is 9.84 Å². The molecule has 3 N–H and O–H groups in total. The highest BCUT2D eigenvalue weighted by Gasteiger charge is 2.26. The van der Waals surface area contributed by atoms with E-state index < -0.39 is 9.84 Å². The monoisotopic (exact) mass is 294 g/mol. The van der Waals surface area contributed by atoms with Gasteiger partial charge in [-0.25, -0.2) is 8.42 Å². The predicted octanol–water partition coefficient (Wildman–Crippen LogP) is -1.72. The number of amides is 1. The van der Waals surface area contributed by atoms with E-state index in [1.165, 1.54) is 7.11 Å². The van der Waals surface area contributed by atoms with Crippen molar-refractivity contribution in [3.8, 4) is 0 Å². The Morgan fingerprint density at radius 2 is 2.32 bits per heavy atom. The zero-order valence-corrected chi connectivity index (χ0v) is 11.9. The van der Waals surface area contributed by atoms with Gasteiger partial charge in [-0.2, -0.15) is 0 Å². The molecule has 1 saturated heterocycles. The van der Waals surface area contributed by atoms with E-state index in [-0.39, 0.29) is 42.5 Å². The van der Waals surface area contributed by atoms with Crippen molar-refractivity contribution in [3.63, 3.8) is 0 Å². The van der Waals surface area contributed by atoms with Crippen molar-refractivity contribution in [1.29, 1.82) is 0 Å². The quantitative estimate of drug-likeness (QED) is 0.516. The van der Waals surface area contributed by atoms with Crippen LogP contribution in [0, 0.1) is 0 Å². The Kier molecular flexibility index (Phi) is 6.70. The lowest BCUT2D eigenvalue weighted by Gasteiger charge is -2.24. The van der Waals surface area contributed by atoms with Crippen molar-refractivity contribution in [3.05, 3.63) is 0 Å². The number of nitrogens with one attached hydrogen (secondary N) is 2. The highest BCUT2D eigenvalue weighted by molar-refractivity contribution is 7.91. The molecule has 1 rings (SSSR count). The molecule has 0 aromatic heterocycles. The van der Waals surface area contributed by atoms with Crippen LogP contribution in [0.1, 0.15) is 12.8 Å². The van der Waals surface area contributed by atoms with Gasteiger partial charge in [0.15, 0.2) is 9.84 Å². The number of methoxy groups -OCH3 is 1.